The molecule has 0 amide bonds. The highest BCUT2D eigenvalue weighted by Gasteiger charge is 1.99. The van der Waals surface area contributed by atoms with Gasteiger partial charge in [0.15, 0.2) is 5.96 Å². The SMILES string of the molecule is CCCCNC(=NCc1ccc(OCCCN(C)C)cc1)NCC. The van der Waals surface area contributed by atoms with Gasteiger partial charge in [0.05, 0.1) is 13.2 Å². The molecule has 2 N–H and O–H groups in total. The van der Waals surface area contributed by atoms with Gasteiger partial charge in [-0.2, -0.15) is 0 Å². The number of hydrogen-bond donors (Lipinski definition) is 2. The minimum Gasteiger partial charge on any atom is -0.494 e. The lowest BCUT2D eigenvalue weighted by molar-refractivity contribution is 0.281. The highest BCUT2D eigenvalue weighted by Crippen LogP contribution is 2.13. The van der Waals surface area contributed by atoms with E-state index < -0.39 is 0 Å². The third-order valence-electron chi connectivity index (χ3n) is 3.53. The maximum absolute atomic E-state index is 5.75. The Balaban J connectivity index is 2.42. The van der Waals surface area contributed by atoms with Gasteiger partial charge in [-0.3, -0.25) is 0 Å². The Morgan fingerprint density at radius 3 is 2.46 bits per heavy atom. The van der Waals surface area contributed by atoms with E-state index in [1.165, 1.54) is 12.0 Å². The molecule has 1 rings (SSSR count). The van der Waals surface area contributed by atoms with Gasteiger partial charge in [0, 0.05) is 19.6 Å². The summed E-state index contributed by atoms with van der Waals surface area (Å²) in [5, 5.41) is 6.63. The van der Waals surface area contributed by atoms with Gasteiger partial charge in [0.1, 0.15) is 5.75 Å². The van der Waals surface area contributed by atoms with Crippen LogP contribution in [0.1, 0.15) is 38.7 Å². The molecule has 5 heteroatoms. The number of unbranched alkanes of at least 4 members (excludes halogenated alkanes) is 1. The fourth-order valence-corrected chi connectivity index (χ4v) is 2.16. The van der Waals surface area contributed by atoms with Crippen molar-refractivity contribution in [2.24, 2.45) is 4.99 Å². The minimum absolute atomic E-state index is 0.669. The molecule has 0 saturated heterocycles. The first-order valence-electron chi connectivity index (χ1n) is 9.04. The van der Waals surface area contributed by atoms with Gasteiger partial charge in [-0.25, -0.2) is 4.99 Å². The number of rotatable bonds is 11. The van der Waals surface area contributed by atoms with Crippen molar-refractivity contribution in [3.63, 3.8) is 0 Å². The Morgan fingerprint density at radius 2 is 1.83 bits per heavy atom. The van der Waals surface area contributed by atoms with Crippen LogP contribution < -0.4 is 15.4 Å². The average molecular weight is 335 g/mol. The molecule has 136 valence electrons. The number of ether oxygens (including phenoxy) is 1. The van der Waals surface area contributed by atoms with Crippen molar-refractivity contribution in [1.29, 1.82) is 0 Å². The molecule has 0 radical (unpaired) electrons. The third kappa shape index (κ3) is 9.40. The molecule has 5 nitrogen and oxygen atoms in total. The zero-order chi connectivity index (χ0) is 17.6. The molecule has 0 heterocycles. The molecule has 0 aliphatic rings. The zero-order valence-corrected chi connectivity index (χ0v) is 15.8. The first-order chi connectivity index (χ1) is 11.7. The van der Waals surface area contributed by atoms with E-state index in [2.05, 4.69) is 60.6 Å². The van der Waals surface area contributed by atoms with Crippen molar-refractivity contribution in [3.05, 3.63) is 29.8 Å². The first-order valence-corrected chi connectivity index (χ1v) is 9.04. The number of guanidine groups is 1. The van der Waals surface area contributed by atoms with Gasteiger partial charge in [-0.1, -0.05) is 25.5 Å². The highest BCUT2D eigenvalue weighted by molar-refractivity contribution is 5.79. The fraction of sp³-hybridized carbons (Fsp3) is 0.632. The van der Waals surface area contributed by atoms with Crippen LogP contribution in [0.4, 0.5) is 0 Å². The van der Waals surface area contributed by atoms with Gasteiger partial charge in [-0.15, -0.1) is 0 Å². The fourth-order valence-electron chi connectivity index (χ4n) is 2.16. The van der Waals surface area contributed by atoms with Crippen LogP contribution in [0, 0.1) is 0 Å². The van der Waals surface area contributed by atoms with Gasteiger partial charge >= 0.3 is 0 Å². The van der Waals surface area contributed by atoms with Crippen LogP contribution in [0.25, 0.3) is 0 Å². The van der Waals surface area contributed by atoms with Crippen molar-refractivity contribution >= 4 is 5.96 Å². The topological polar surface area (TPSA) is 48.9 Å². The number of hydrogen-bond acceptors (Lipinski definition) is 3. The Kier molecular flexibility index (Phi) is 10.7. The average Bonchev–Trinajstić information content (AvgIpc) is 2.57. The summed E-state index contributed by atoms with van der Waals surface area (Å²) in [6, 6.07) is 8.22. The van der Waals surface area contributed by atoms with E-state index in [0.29, 0.717) is 6.54 Å². The van der Waals surface area contributed by atoms with E-state index in [0.717, 1.165) is 50.8 Å². The summed E-state index contributed by atoms with van der Waals surface area (Å²) in [5.74, 6) is 1.81. The van der Waals surface area contributed by atoms with Crippen molar-refractivity contribution in [1.82, 2.24) is 15.5 Å². The Bertz CT molecular complexity index is 457. The number of nitrogens with zero attached hydrogens (tertiary/aromatic N) is 2. The van der Waals surface area contributed by atoms with Crippen molar-refractivity contribution in [2.45, 2.75) is 39.7 Å². The maximum Gasteiger partial charge on any atom is 0.191 e. The molecule has 1 aromatic rings. The molecule has 0 saturated carbocycles. The smallest absolute Gasteiger partial charge is 0.191 e. The lowest BCUT2D eigenvalue weighted by Crippen LogP contribution is -2.37. The zero-order valence-electron chi connectivity index (χ0n) is 15.8. The van der Waals surface area contributed by atoms with Crippen LogP contribution in [0.3, 0.4) is 0 Å². The second kappa shape index (κ2) is 12.6. The molecule has 0 bridgehead atoms. The minimum atomic E-state index is 0.669. The molecule has 0 spiro atoms. The summed E-state index contributed by atoms with van der Waals surface area (Å²) in [7, 11) is 4.15. The predicted octanol–water partition coefficient (Wildman–Crippen LogP) is 2.87. The molecular weight excluding hydrogens is 300 g/mol. The molecular formula is C19H34N4O. The molecule has 1 aromatic carbocycles. The molecule has 0 aliphatic carbocycles. The third-order valence-corrected chi connectivity index (χ3v) is 3.53. The molecule has 0 fully saturated rings. The summed E-state index contributed by atoms with van der Waals surface area (Å²) in [6.07, 6.45) is 3.38. The lowest BCUT2D eigenvalue weighted by atomic mass is 10.2. The van der Waals surface area contributed by atoms with Gasteiger partial charge < -0.3 is 20.3 Å². The second-order valence-electron chi connectivity index (χ2n) is 6.12. The molecule has 0 aliphatic heterocycles. The molecule has 24 heavy (non-hydrogen) atoms. The van der Waals surface area contributed by atoms with Crippen molar-refractivity contribution in [3.8, 4) is 5.75 Å². The summed E-state index contributed by atoms with van der Waals surface area (Å²) < 4.78 is 5.75. The first kappa shape index (κ1) is 20.3. The number of benzene rings is 1. The van der Waals surface area contributed by atoms with Crippen molar-refractivity contribution < 1.29 is 4.74 Å². The highest BCUT2D eigenvalue weighted by atomic mass is 16.5. The standard InChI is InChI=1S/C19H34N4O/c1-5-7-13-21-19(20-6-2)22-16-17-9-11-18(12-10-17)24-15-8-14-23(3)4/h9-12H,5-8,13-16H2,1-4H3,(H2,20,21,22). The van der Waals surface area contributed by atoms with Crippen LogP contribution in [0.2, 0.25) is 0 Å². The van der Waals surface area contributed by atoms with Crippen LogP contribution in [0.15, 0.2) is 29.3 Å². The van der Waals surface area contributed by atoms with E-state index in [1.54, 1.807) is 0 Å². The Hall–Kier alpha value is -1.75. The van der Waals surface area contributed by atoms with E-state index in [9.17, 15) is 0 Å². The van der Waals surface area contributed by atoms with Gasteiger partial charge in [-0.05, 0) is 51.6 Å². The van der Waals surface area contributed by atoms with Gasteiger partial charge in [0.2, 0.25) is 0 Å². The van der Waals surface area contributed by atoms with Crippen molar-refractivity contribution in [2.75, 3.05) is 40.3 Å². The van der Waals surface area contributed by atoms with E-state index in [1.807, 2.05) is 12.1 Å². The Labute approximate surface area is 147 Å². The van der Waals surface area contributed by atoms with E-state index in [-0.39, 0.29) is 0 Å². The van der Waals surface area contributed by atoms with Crippen LogP contribution in [0.5, 0.6) is 5.75 Å². The molecule has 0 aromatic heterocycles. The summed E-state index contributed by atoms with van der Waals surface area (Å²) in [6.45, 7) is 8.57. The van der Waals surface area contributed by atoms with E-state index in [4.69, 9.17) is 4.74 Å². The maximum atomic E-state index is 5.75. The molecule has 0 atom stereocenters. The number of aliphatic imine (C=N–C) groups is 1. The quantitative estimate of drug-likeness (QED) is 0.371. The molecule has 0 unspecified atom stereocenters. The largest absolute Gasteiger partial charge is 0.494 e. The summed E-state index contributed by atoms with van der Waals surface area (Å²) >= 11 is 0. The van der Waals surface area contributed by atoms with Crippen LogP contribution in [-0.2, 0) is 6.54 Å². The van der Waals surface area contributed by atoms with Gasteiger partial charge in [0.25, 0.3) is 0 Å². The normalized spacial score (nSPS) is 11.6. The summed E-state index contributed by atoms with van der Waals surface area (Å²) in [5.41, 5.74) is 1.18. The van der Waals surface area contributed by atoms with Crippen LogP contribution >= 0.6 is 0 Å². The monoisotopic (exact) mass is 334 g/mol. The second-order valence-corrected chi connectivity index (χ2v) is 6.12. The Morgan fingerprint density at radius 1 is 1.08 bits per heavy atom. The lowest BCUT2D eigenvalue weighted by Gasteiger charge is -2.11. The predicted molar refractivity (Wildman–Crippen MR) is 103 cm³/mol. The van der Waals surface area contributed by atoms with Crippen LogP contribution in [-0.4, -0.2) is 51.2 Å². The number of nitrogens with one attached hydrogen (secondary N) is 2. The summed E-state index contributed by atoms with van der Waals surface area (Å²) in [4.78, 5) is 6.80. The van der Waals surface area contributed by atoms with E-state index >= 15 is 0 Å².